The third-order valence-corrected chi connectivity index (χ3v) is 3.64. The summed E-state index contributed by atoms with van der Waals surface area (Å²) in [6, 6.07) is 0. The molecule has 0 amide bonds. The summed E-state index contributed by atoms with van der Waals surface area (Å²) in [4.78, 5) is 0. The van der Waals surface area contributed by atoms with E-state index in [0.29, 0.717) is 12.5 Å². The zero-order valence-electron chi connectivity index (χ0n) is 5.90. The minimum atomic E-state index is 0.435. The third kappa shape index (κ3) is 0.420. The van der Waals surface area contributed by atoms with E-state index in [9.17, 15) is 0 Å². The van der Waals surface area contributed by atoms with Gasteiger partial charge in [0.05, 0.1) is 0 Å². The van der Waals surface area contributed by atoms with Gasteiger partial charge in [0.15, 0.2) is 0 Å². The molecule has 1 unspecified atom stereocenters. The van der Waals surface area contributed by atoms with Crippen LogP contribution in [0.4, 0.5) is 0 Å². The standard InChI is InChI=1S/C9H12O/c10-4-7-8-5-1-2-6(3-5)9(7)8/h1-2,5-10H,3-4H2/t5-,6+,7?,8-,9+. The van der Waals surface area contributed by atoms with Crippen LogP contribution < -0.4 is 0 Å². The van der Waals surface area contributed by atoms with Gasteiger partial charge in [-0.05, 0) is 36.0 Å². The number of aliphatic hydroxyl groups excluding tert-OH is 1. The molecule has 3 aliphatic rings. The molecule has 0 aromatic rings. The summed E-state index contributed by atoms with van der Waals surface area (Å²) in [6.45, 7) is 0.435. The normalized spacial score (nSPS) is 61.1. The highest BCUT2D eigenvalue weighted by atomic mass is 16.3. The van der Waals surface area contributed by atoms with Gasteiger partial charge in [0.25, 0.3) is 0 Å². The van der Waals surface area contributed by atoms with Crippen LogP contribution in [0.5, 0.6) is 0 Å². The van der Waals surface area contributed by atoms with Crippen molar-refractivity contribution in [3.8, 4) is 0 Å². The molecule has 0 aromatic heterocycles. The van der Waals surface area contributed by atoms with E-state index in [1.807, 2.05) is 0 Å². The fraction of sp³-hybridized carbons (Fsp3) is 0.778. The first kappa shape index (κ1) is 5.36. The zero-order chi connectivity index (χ0) is 6.72. The molecule has 2 fully saturated rings. The number of allylic oxidation sites excluding steroid dienone is 2. The Bertz CT molecular complexity index is 179. The highest BCUT2D eigenvalue weighted by Crippen LogP contribution is 2.66. The second-order valence-electron chi connectivity index (χ2n) is 3.95. The van der Waals surface area contributed by atoms with E-state index in [-0.39, 0.29) is 0 Å². The van der Waals surface area contributed by atoms with E-state index in [4.69, 9.17) is 5.11 Å². The molecule has 0 spiro atoms. The highest BCUT2D eigenvalue weighted by Gasteiger charge is 2.62. The van der Waals surface area contributed by atoms with Crippen molar-refractivity contribution in [3.63, 3.8) is 0 Å². The van der Waals surface area contributed by atoms with Crippen molar-refractivity contribution in [1.82, 2.24) is 0 Å². The lowest BCUT2D eigenvalue weighted by atomic mass is 10.0. The summed E-state index contributed by atoms with van der Waals surface area (Å²) in [7, 11) is 0. The van der Waals surface area contributed by atoms with Gasteiger partial charge < -0.3 is 5.11 Å². The van der Waals surface area contributed by atoms with Gasteiger partial charge in [0.2, 0.25) is 0 Å². The van der Waals surface area contributed by atoms with Gasteiger partial charge in [-0.1, -0.05) is 12.2 Å². The Labute approximate surface area is 60.7 Å². The van der Waals surface area contributed by atoms with Crippen molar-refractivity contribution in [2.24, 2.45) is 29.6 Å². The number of rotatable bonds is 1. The maximum Gasteiger partial charge on any atom is 0.0465 e. The Morgan fingerprint density at radius 1 is 1.20 bits per heavy atom. The Morgan fingerprint density at radius 2 is 1.80 bits per heavy atom. The van der Waals surface area contributed by atoms with Crippen LogP contribution in [0.3, 0.4) is 0 Å². The van der Waals surface area contributed by atoms with Gasteiger partial charge in [-0.25, -0.2) is 0 Å². The minimum Gasteiger partial charge on any atom is -0.396 e. The molecule has 2 bridgehead atoms. The Morgan fingerprint density at radius 3 is 2.30 bits per heavy atom. The van der Waals surface area contributed by atoms with Crippen molar-refractivity contribution >= 4 is 0 Å². The van der Waals surface area contributed by atoms with Crippen LogP contribution in [0.15, 0.2) is 12.2 Å². The van der Waals surface area contributed by atoms with E-state index in [2.05, 4.69) is 12.2 Å². The molecule has 1 heteroatoms. The maximum atomic E-state index is 8.95. The topological polar surface area (TPSA) is 20.2 Å². The summed E-state index contributed by atoms with van der Waals surface area (Å²) in [5.41, 5.74) is 0. The molecular weight excluding hydrogens is 124 g/mol. The molecule has 1 nitrogen and oxygen atoms in total. The molecule has 3 rings (SSSR count). The predicted octanol–water partition coefficient (Wildman–Crippen LogP) is 1.05. The smallest absolute Gasteiger partial charge is 0.0465 e. The van der Waals surface area contributed by atoms with E-state index in [0.717, 1.165) is 23.7 Å². The van der Waals surface area contributed by atoms with Gasteiger partial charge in [-0.15, -0.1) is 0 Å². The Hall–Kier alpha value is -0.300. The van der Waals surface area contributed by atoms with Crippen molar-refractivity contribution < 1.29 is 5.11 Å². The molecule has 0 heterocycles. The van der Waals surface area contributed by atoms with E-state index >= 15 is 0 Å². The molecule has 0 aliphatic heterocycles. The third-order valence-electron chi connectivity index (χ3n) is 3.64. The first-order valence-corrected chi connectivity index (χ1v) is 4.21. The molecule has 0 saturated heterocycles. The van der Waals surface area contributed by atoms with Crippen LogP contribution in [0, 0.1) is 29.6 Å². The fourth-order valence-electron chi connectivity index (χ4n) is 3.21. The van der Waals surface area contributed by atoms with Crippen LogP contribution in [0.2, 0.25) is 0 Å². The van der Waals surface area contributed by atoms with Gasteiger partial charge >= 0.3 is 0 Å². The molecule has 2 saturated carbocycles. The maximum absolute atomic E-state index is 8.95. The molecule has 54 valence electrons. The van der Waals surface area contributed by atoms with Crippen molar-refractivity contribution in [1.29, 1.82) is 0 Å². The highest BCUT2D eigenvalue weighted by molar-refractivity contribution is 5.23. The first-order valence-electron chi connectivity index (χ1n) is 4.21. The lowest BCUT2D eigenvalue weighted by Crippen LogP contribution is -2.01. The van der Waals surface area contributed by atoms with Gasteiger partial charge in [-0.3, -0.25) is 0 Å². The lowest BCUT2D eigenvalue weighted by Gasteiger charge is -2.04. The zero-order valence-corrected chi connectivity index (χ0v) is 5.90. The second kappa shape index (κ2) is 1.48. The number of aliphatic hydroxyl groups is 1. The molecule has 5 atom stereocenters. The van der Waals surface area contributed by atoms with Crippen LogP contribution in [0.1, 0.15) is 6.42 Å². The number of fused-ring (bicyclic) bond motifs is 5. The van der Waals surface area contributed by atoms with E-state index in [1.165, 1.54) is 6.42 Å². The fourth-order valence-corrected chi connectivity index (χ4v) is 3.21. The molecule has 0 radical (unpaired) electrons. The summed E-state index contributed by atoms with van der Waals surface area (Å²) in [5.74, 6) is 4.16. The van der Waals surface area contributed by atoms with Crippen LogP contribution in [-0.2, 0) is 0 Å². The first-order chi connectivity index (χ1) is 4.92. The van der Waals surface area contributed by atoms with E-state index < -0.39 is 0 Å². The van der Waals surface area contributed by atoms with Crippen molar-refractivity contribution in [2.75, 3.05) is 6.61 Å². The van der Waals surface area contributed by atoms with E-state index in [1.54, 1.807) is 0 Å². The molecule has 1 N–H and O–H groups in total. The van der Waals surface area contributed by atoms with Gasteiger partial charge in [0, 0.05) is 6.61 Å². The largest absolute Gasteiger partial charge is 0.396 e. The van der Waals surface area contributed by atoms with Crippen LogP contribution >= 0.6 is 0 Å². The quantitative estimate of drug-likeness (QED) is 0.534. The number of hydrogen-bond donors (Lipinski definition) is 1. The number of hydrogen-bond acceptors (Lipinski definition) is 1. The van der Waals surface area contributed by atoms with Crippen molar-refractivity contribution in [2.45, 2.75) is 6.42 Å². The Balaban J connectivity index is 1.89. The molecule has 3 aliphatic carbocycles. The Kier molecular flexibility index (Phi) is 0.791. The SMILES string of the molecule is OCC1[C@@H]2[C@H]1[C@H]1C=C[C@@H]2C1. The average Bonchev–Trinajstić information content (AvgIpc) is 2.36. The molecule has 10 heavy (non-hydrogen) atoms. The summed E-state index contributed by atoms with van der Waals surface area (Å²) in [5, 5.41) is 8.95. The summed E-state index contributed by atoms with van der Waals surface area (Å²) >= 11 is 0. The van der Waals surface area contributed by atoms with Crippen LogP contribution in [0.25, 0.3) is 0 Å². The van der Waals surface area contributed by atoms with Crippen LogP contribution in [-0.4, -0.2) is 11.7 Å². The molecule has 0 aromatic carbocycles. The predicted molar refractivity (Wildman–Crippen MR) is 38.3 cm³/mol. The summed E-state index contributed by atoms with van der Waals surface area (Å²) in [6.07, 6.45) is 6.12. The average molecular weight is 136 g/mol. The second-order valence-corrected chi connectivity index (χ2v) is 3.95. The van der Waals surface area contributed by atoms with Gasteiger partial charge in [0.1, 0.15) is 0 Å². The minimum absolute atomic E-state index is 0.435. The molecular formula is C9H12O. The van der Waals surface area contributed by atoms with Gasteiger partial charge in [-0.2, -0.15) is 0 Å². The van der Waals surface area contributed by atoms with Crippen molar-refractivity contribution in [3.05, 3.63) is 12.2 Å². The monoisotopic (exact) mass is 136 g/mol. The summed E-state index contributed by atoms with van der Waals surface area (Å²) < 4.78 is 0. The lowest BCUT2D eigenvalue weighted by molar-refractivity contribution is 0.247.